The Morgan fingerprint density at radius 3 is 2.82 bits per heavy atom. The van der Waals surface area contributed by atoms with Gasteiger partial charge in [0.2, 0.25) is 5.88 Å². The zero-order valence-electron chi connectivity index (χ0n) is 9.36. The number of hydrogen-bond acceptors (Lipinski definition) is 4. The van der Waals surface area contributed by atoms with Crippen molar-refractivity contribution in [3.05, 3.63) is 21.2 Å². The number of aromatic amines is 1. The largest absolute Gasteiger partial charge is 0.473 e. The highest BCUT2D eigenvalue weighted by molar-refractivity contribution is 9.10. The molecule has 6 heteroatoms. The van der Waals surface area contributed by atoms with Crippen LogP contribution >= 0.6 is 15.9 Å². The molecule has 1 aliphatic rings. The molecule has 1 aromatic heterocycles. The van der Waals surface area contributed by atoms with Gasteiger partial charge in [-0.15, -0.1) is 0 Å². The van der Waals surface area contributed by atoms with Crippen LogP contribution in [0, 0.1) is 5.92 Å². The first-order valence-electron chi connectivity index (χ1n) is 5.71. The maximum atomic E-state index is 11.3. The number of aliphatic hydroxyl groups excluding tert-OH is 1. The smallest absolute Gasteiger partial charge is 0.268 e. The molecule has 0 bridgehead atoms. The lowest BCUT2D eigenvalue weighted by atomic mass is 9.88. The van der Waals surface area contributed by atoms with Gasteiger partial charge in [0.1, 0.15) is 10.6 Å². The Morgan fingerprint density at radius 1 is 1.47 bits per heavy atom. The second kappa shape index (κ2) is 5.64. The van der Waals surface area contributed by atoms with Gasteiger partial charge in [-0.25, -0.2) is 4.98 Å². The molecule has 0 aliphatic heterocycles. The van der Waals surface area contributed by atoms with Crippen LogP contribution in [0.15, 0.2) is 15.6 Å². The molecule has 0 amide bonds. The second-order valence-corrected chi connectivity index (χ2v) is 5.09. The van der Waals surface area contributed by atoms with Gasteiger partial charge >= 0.3 is 0 Å². The van der Waals surface area contributed by atoms with Crippen molar-refractivity contribution in [2.24, 2.45) is 5.92 Å². The predicted molar refractivity (Wildman–Crippen MR) is 66.0 cm³/mol. The number of rotatable bonds is 3. The number of hydrogen-bond donors (Lipinski definition) is 2. The fraction of sp³-hybridized carbons (Fsp3) is 0.636. The lowest BCUT2D eigenvalue weighted by molar-refractivity contribution is 0.0996. The first kappa shape index (κ1) is 12.6. The first-order valence-corrected chi connectivity index (χ1v) is 6.50. The van der Waals surface area contributed by atoms with Crippen LogP contribution in [0.25, 0.3) is 0 Å². The summed E-state index contributed by atoms with van der Waals surface area (Å²) in [7, 11) is 0. The number of aliphatic hydroxyl groups is 1. The van der Waals surface area contributed by atoms with Gasteiger partial charge in [-0.2, -0.15) is 0 Å². The molecule has 2 rings (SSSR count). The van der Waals surface area contributed by atoms with Crippen molar-refractivity contribution in [3.8, 4) is 5.88 Å². The number of aromatic nitrogens is 2. The van der Waals surface area contributed by atoms with Crippen molar-refractivity contribution in [2.45, 2.75) is 31.8 Å². The van der Waals surface area contributed by atoms with Crippen LogP contribution in [0.3, 0.4) is 0 Å². The Morgan fingerprint density at radius 2 is 2.18 bits per heavy atom. The molecule has 17 heavy (non-hydrogen) atoms. The van der Waals surface area contributed by atoms with Crippen molar-refractivity contribution >= 4 is 15.9 Å². The van der Waals surface area contributed by atoms with E-state index in [0.29, 0.717) is 16.3 Å². The summed E-state index contributed by atoms with van der Waals surface area (Å²) in [5.41, 5.74) is -0.237. The van der Waals surface area contributed by atoms with E-state index in [1.165, 1.54) is 6.33 Å². The Balaban J connectivity index is 1.98. The van der Waals surface area contributed by atoms with E-state index in [2.05, 4.69) is 25.9 Å². The third-order valence-corrected chi connectivity index (χ3v) is 3.79. The number of nitrogens with zero attached hydrogens (tertiary/aromatic N) is 1. The van der Waals surface area contributed by atoms with Crippen molar-refractivity contribution in [1.82, 2.24) is 9.97 Å². The van der Waals surface area contributed by atoms with Crippen molar-refractivity contribution in [2.75, 3.05) is 6.61 Å². The molecule has 5 nitrogen and oxygen atoms in total. The normalized spacial score (nSPS) is 24.6. The number of nitrogens with one attached hydrogen (secondary N) is 1. The summed E-state index contributed by atoms with van der Waals surface area (Å²) in [4.78, 5) is 17.8. The fourth-order valence-electron chi connectivity index (χ4n) is 2.04. The molecule has 1 fully saturated rings. The monoisotopic (exact) mass is 302 g/mol. The molecule has 1 aliphatic carbocycles. The highest BCUT2D eigenvalue weighted by Gasteiger charge is 2.23. The maximum absolute atomic E-state index is 11.3. The van der Waals surface area contributed by atoms with Crippen LogP contribution in [0.2, 0.25) is 0 Å². The lowest BCUT2D eigenvalue weighted by Crippen LogP contribution is -2.26. The topological polar surface area (TPSA) is 75.2 Å². The molecule has 0 aromatic carbocycles. The van der Waals surface area contributed by atoms with Crippen LogP contribution in [-0.4, -0.2) is 27.8 Å². The van der Waals surface area contributed by atoms with Gasteiger partial charge in [0.25, 0.3) is 5.56 Å². The molecular weight excluding hydrogens is 288 g/mol. The standard InChI is InChI=1S/C11H15BrN2O3/c12-9-10(16)13-6-14-11(9)17-8-3-1-7(5-15)2-4-8/h6-8,15H,1-5H2,(H,13,14,16). The van der Waals surface area contributed by atoms with E-state index in [9.17, 15) is 4.79 Å². The highest BCUT2D eigenvalue weighted by atomic mass is 79.9. The van der Waals surface area contributed by atoms with Gasteiger partial charge in [-0.05, 0) is 47.5 Å². The van der Waals surface area contributed by atoms with Crippen LogP contribution < -0.4 is 10.3 Å². The molecule has 0 unspecified atom stereocenters. The van der Waals surface area contributed by atoms with Gasteiger partial charge in [0, 0.05) is 6.61 Å². The highest BCUT2D eigenvalue weighted by Crippen LogP contribution is 2.28. The van der Waals surface area contributed by atoms with Crippen LogP contribution in [-0.2, 0) is 0 Å². The van der Waals surface area contributed by atoms with Gasteiger partial charge in [0.15, 0.2) is 0 Å². The molecule has 0 spiro atoms. The summed E-state index contributed by atoms with van der Waals surface area (Å²) < 4.78 is 6.04. The number of ether oxygens (including phenoxy) is 1. The summed E-state index contributed by atoms with van der Waals surface area (Å²) in [6.07, 6.45) is 5.13. The van der Waals surface area contributed by atoms with Crippen LogP contribution in [0.1, 0.15) is 25.7 Å². The molecule has 0 saturated heterocycles. The molecule has 2 N–H and O–H groups in total. The molecule has 0 radical (unpaired) electrons. The summed E-state index contributed by atoms with van der Waals surface area (Å²) >= 11 is 3.16. The third kappa shape index (κ3) is 3.07. The summed E-state index contributed by atoms with van der Waals surface area (Å²) in [5, 5.41) is 9.04. The van der Waals surface area contributed by atoms with Crippen molar-refractivity contribution < 1.29 is 9.84 Å². The van der Waals surface area contributed by atoms with Gasteiger partial charge in [-0.3, -0.25) is 4.79 Å². The Kier molecular flexibility index (Phi) is 4.17. The minimum absolute atomic E-state index is 0.0865. The van der Waals surface area contributed by atoms with E-state index in [1.807, 2.05) is 0 Å². The van der Waals surface area contributed by atoms with E-state index >= 15 is 0 Å². The Bertz CT molecular complexity index is 427. The summed E-state index contributed by atoms with van der Waals surface area (Å²) in [6, 6.07) is 0. The summed E-state index contributed by atoms with van der Waals surface area (Å²) in [6.45, 7) is 0.250. The van der Waals surface area contributed by atoms with Crippen molar-refractivity contribution in [3.63, 3.8) is 0 Å². The molecule has 1 saturated carbocycles. The minimum atomic E-state index is -0.237. The number of H-pyrrole nitrogens is 1. The van der Waals surface area contributed by atoms with Crippen LogP contribution in [0.4, 0.5) is 0 Å². The minimum Gasteiger partial charge on any atom is -0.473 e. The molecule has 1 aromatic rings. The zero-order valence-corrected chi connectivity index (χ0v) is 10.9. The molecule has 0 atom stereocenters. The average molecular weight is 303 g/mol. The van der Waals surface area contributed by atoms with E-state index in [0.717, 1.165) is 25.7 Å². The van der Waals surface area contributed by atoms with Crippen molar-refractivity contribution in [1.29, 1.82) is 0 Å². The second-order valence-electron chi connectivity index (χ2n) is 4.29. The maximum Gasteiger partial charge on any atom is 0.268 e. The Hall–Kier alpha value is -0.880. The predicted octanol–water partition coefficient (Wildman–Crippen LogP) is 1.46. The van der Waals surface area contributed by atoms with E-state index in [-0.39, 0.29) is 18.3 Å². The third-order valence-electron chi connectivity index (χ3n) is 3.09. The fourth-order valence-corrected chi connectivity index (χ4v) is 2.35. The lowest BCUT2D eigenvalue weighted by Gasteiger charge is -2.27. The number of halogens is 1. The summed E-state index contributed by atoms with van der Waals surface area (Å²) in [5.74, 6) is 0.742. The first-order chi connectivity index (χ1) is 8.20. The molecule has 1 heterocycles. The zero-order chi connectivity index (χ0) is 12.3. The van der Waals surface area contributed by atoms with Gasteiger partial charge in [0.05, 0.1) is 6.33 Å². The quantitative estimate of drug-likeness (QED) is 0.886. The van der Waals surface area contributed by atoms with Gasteiger partial charge in [-0.1, -0.05) is 0 Å². The van der Waals surface area contributed by atoms with E-state index in [1.54, 1.807) is 0 Å². The molecular formula is C11H15BrN2O3. The Labute approximate surface area is 107 Å². The SMILES string of the molecule is O=c1[nH]cnc(OC2CCC(CO)CC2)c1Br. The van der Waals surface area contributed by atoms with E-state index in [4.69, 9.17) is 9.84 Å². The van der Waals surface area contributed by atoms with Crippen LogP contribution in [0.5, 0.6) is 5.88 Å². The molecule has 94 valence electrons. The van der Waals surface area contributed by atoms with Gasteiger partial charge < -0.3 is 14.8 Å². The van der Waals surface area contributed by atoms with E-state index < -0.39 is 0 Å². The average Bonchev–Trinajstić information content (AvgIpc) is 2.36.